The molecule has 0 aliphatic heterocycles. The van der Waals surface area contributed by atoms with Crippen molar-refractivity contribution in [2.45, 2.75) is 12.3 Å². The summed E-state index contributed by atoms with van der Waals surface area (Å²) in [5, 5.41) is 9.51. The zero-order valence-electron chi connectivity index (χ0n) is 9.50. The molecule has 0 bridgehead atoms. The predicted molar refractivity (Wildman–Crippen MR) is 64.8 cm³/mol. The Balaban J connectivity index is 2.59. The summed E-state index contributed by atoms with van der Waals surface area (Å²) in [7, 11) is 0. The second-order valence-electron chi connectivity index (χ2n) is 4.04. The minimum absolute atomic E-state index is 0.679. The monoisotopic (exact) mass is 227 g/mol. The second-order valence-corrected chi connectivity index (χ2v) is 4.04. The van der Waals surface area contributed by atoms with E-state index < -0.39 is 11.4 Å². The number of carboxylic acid groups (broad SMARTS) is 1. The number of aliphatic carboxylic acids is 1. The summed E-state index contributed by atoms with van der Waals surface area (Å²) in [5.41, 5.74) is 0.370. The molecule has 86 valence electrons. The highest BCUT2D eigenvalue weighted by Gasteiger charge is 2.37. The second kappa shape index (κ2) is 4.37. The molecule has 0 spiro atoms. The molecule has 17 heavy (non-hydrogen) atoms. The molecule has 1 N–H and O–H groups in total. The van der Waals surface area contributed by atoms with Crippen LogP contribution >= 0.6 is 0 Å². The van der Waals surface area contributed by atoms with E-state index in [1.54, 1.807) is 31.5 Å². The number of nitrogens with zero attached hydrogens (tertiary/aromatic N) is 1. The molecule has 0 aliphatic carbocycles. The van der Waals surface area contributed by atoms with Crippen LogP contribution in [-0.4, -0.2) is 16.1 Å². The van der Waals surface area contributed by atoms with Gasteiger partial charge in [0.25, 0.3) is 0 Å². The van der Waals surface area contributed by atoms with Gasteiger partial charge in [-0.25, -0.2) is 0 Å². The number of rotatable bonds is 3. The SMILES string of the molecule is CC(C(=O)O)(c1ccccc1)c1cccnc1. The van der Waals surface area contributed by atoms with Crippen molar-refractivity contribution in [3.8, 4) is 0 Å². The number of carbonyl (C=O) groups is 1. The van der Waals surface area contributed by atoms with E-state index in [1.807, 2.05) is 30.3 Å². The highest BCUT2D eigenvalue weighted by molar-refractivity contribution is 5.85. The Morgan fingerprint density at radius 1 is 1.12 bits per heavy atom. The van der Waals surface area contributed by atoms with Crippen LogP contribution in [0, 0.1) is 0 Å². The molecule has 3 heteroatoms. The maximum absolute atomic E-state index is 11.6. The smallest absolute Gasteiger partial charge is 0.318 e. The van der Waals surface area contributed by atoms with Crippen LogP contribution in [-0.2, 0) is 10.2 Å². The first-order valence-corrected chi connectivity index (χ1v) is 5.35. The van der Waals surface area contributed by atoms with Crippen LogP contribution in [0.3, 0.4) is 0 Å². The van der Waals surface area contributed by atoms with Gasteiger partial charge < -0.3 is 5.11 Å². The fourth-order valence-electron chi connectivity index (χ4n) is 1.84. The third-order valence-electron chi connectivity index (χ3n) is 3.02. The van der Waals surface area contributed by atoms with Gasteiger partial charge in [0, 0.05) is 12.4 Å². The number of pyridine rings is 1. The minimum atomic E-state index is -1.06. The lowest BCUT2D eigenvalue weighted by Gasteiger charge is -2.25. The maximum Gasteiger partial charge on any atom is 0.318 e. The van der Waals surface area contributed by atoms with Crippen molar-refractivity contribution in [3.05, 3.63) is 66.0 Å². The van der Waals surface area contributed by atoms with Crippen molar-refractivity contribution >= 4 is 5.97 Å². The normalized spacial score (nSPS) is 13.9. The molecule has 1 aromatic heterocycles. The lowest BCUT2D eigenvalue weighted by Crippen LogP contribution is -2.33. The van der Waals surface area contributed by atoms with Gasteiger partial charge in [0.15, 0.2) is 0 Å². The number of carboxylic acids is 1. The molecule has 0 aliphatic rings. The van der Waals surface area contributed by atoms with Gasteiger partial charge in [0.1, 0.15) is 5.41 Å². The summed E-state index contributed by atoms with van der Waals surface area (Å²) in [4.78, 5) is 15.6. The van der Waals surface area contributed by atoms with Crippen LogP contribution < -0.4 is 0 Å². The molecule has 1 heterocycles. The fourth-order valence-corrected chi connectivity index (χ4v) is 1.84. The topological polar surface area (TPSA) is 50.2 Å². The van der Waals surface area contributed by atoms with Crippen molar-refractivity contribution < 1.29 is 9.90 Å². The fraction of sp³-hybridized carbons (Fsp3) is 0.143. The van der Waals surface area contributed by atoms with Gasteiger partial charge in [-0.15, -0.1) is 0 Å². The van der Waals surface area contributed by atoms with Gasteiger partial charge in [-0.1, -0.05) is 36.4 Å². The van der Waals surface area contributed by atoms with E-state index in [0.717, 1.165) is 5.56 Å². The Bertz CT molecular complexity index is 469. The predicted octanol–water partition coefficient (Wildman–Crippen LogP) is 2.47. The average Bonchev–Trinajstić information content (AvgIpc) is 2.39. The van der Waals surface area contributed by atoms with Crippen molar-refractivity contribution in [2.24, 2.45) is 0 Å². The van der Waals surface area contributed by atoms with Crippen molar-refractivity contribution in [2.75, 3.05) is 0 Å². The average molecular weight is 227 g/mol. The van der Waals surface area contributed by atoms with Gasteiger partial charge in [-0.2, -0.15) is 0 Å². The quantitative estimate of drug-likeness (QED) is 0.876. The lowest BCUT2D eigenvalue weighted by atomic mass is 9.77. The van der Waals surface area contributed by atoms with E-state index in [1.165, 1.54) is 0 Å². The highest BCUT2D eigenvalue weighted by Crippen LogP contribution is 2.31. The molecule has 1 aromatic carbocycles. The highest BCUT2D eigenvalue weighted by atomic mass is 16.4. The summed E-state index contributed by atoms with van der Waals surface area (Å²) < 4.78 is 0. The van der Waals surface area contributed by atoms with Crippen molar-refractivity contribution in [1.29, 1.82) is 0 Å². The Hall–Kier alpha value is -2.16. The molecule has 1 unspecified atom stereocenters. The Kier molecular flexibility index (Phi) is 2.91. The Morgan fingerprint density at radius 3 is 2.29 bits per heavy atom. The molecule has 0 saturated carbocycles. The van der Waals surface area contributed by atoms with Gasteiger partial charge in [-0.05, 0) is 24.1 Å². The third kappa shape index (κ3) is 1.91. The Labute approximate surface area is 99.8 Å². The lowest BCUT2D eigenvalue weighted by molar-refractivity contribution is -0.141. The van der Waals surface area contributed by atoms with Gasteiger partial charge in [0.05, 0.1) is 0 Å². The summed E-state index contributed by atoms with van der Waals surface area (Å²) in [6, 6.07) is 12.7. The molecule has 2 rings (SSSR count). The first-order valence-electron chi connectivity index (χ1n) is 5.35. The van der Waals surface area contributed by atoms with Gasteiger partial charge >= 0.3 is 5.97 Å². The van der Waals surface area contributed by atoms with Crippen LogP contribution in [0.2, 0.25) is 0 Å². The zero-order chi connectivity index (χ0) is 12.3. The third-order valence-corrected chi connectivity index (χ3v) is 3.02. The molecular formula is C14H13NO2. The molecule has 0 fully saturated rings. The summed E-state index contributed by atoms with van der Waals surface area (Å²) >= 11 is 0. The van der Waals surface area contributed by atoms with Crippen LogP contribution in [0.25, 0.3) is 0 Å². The van der Waals surface area contributed by atoms with Crippen LogP contribution in [0.1, 0.15) is 18.1 Å². The first kappa shape index (κ1) is 11.3. The minimum Gasteiger partial charge on any atom is -0.480 e. The van der Waals surface area contributed by atoms with Gasteiger partial charge in [0.2, 0.25) is 0 Å². The van der Waals surface area contributed by atoms with E-state index in [-0.39, 0.29) is 0 Å². The number of aromatic nitrogens is 1. The van der Waals surface area contributed by atoms with E-state index in [2.05, 4.69) is 4.98 Å². The molecular weight excluding hydrogens is 214 g/mol. The zero-order valence-corrected chi connectivity index (χ0v) is 9.50. The molecule has 0 amide bonds. The standard InChI is InChI=1S/C14H13NO2/c1-14(13(16)17,11-6-3-2-4-7-11)12-8-5-9-15-10-12/h2-10H,1H3,(H,16,17). The first-order chi connectivity index (χ1) is 8.15. The molecule has 0 saturated heterocycles. The van der Waals surface area contributed by atoms with Crippen molar-refractivity contribution in [1.82, 2.24) is 4.98 Å². The van der Waals surface area contributed by atoms with Crippen LogP contribution in [0.5, 0.6) is 0 Å². The van der Waals surface area contributed by atoms with E-state index in [4.69, 9.17) is 0 Å². The molecule has 2 aromatic rings. The van der Waals surface area contributed by atoms with Crippen LogP contribution in [0.4, 0.5) is 0 Å². The van der Waals surface area contributed by atoms with E-state index >= 15 is 0 Å². The molecule has 0 radical (unpaired) electrons. The summed E-state index contributed by atoms with van der Waals surface area (Å²) in [6.45, 7) is 1.70. The molecule has 1 atom stereocenters. The summed E-state index contributed by atoms with van der Waals surface area (Å²) in [6.07, 6.45) is 3.23. The number of hydrogen-bond donors (Lipinski definition) is 1. The largest absolute Gasteiger partial charge is 0.480 e. The van der Waals surface area contributed by atoms with E-state index in [0.29, 0.717) is 5.56 Å². The summed E-state index contributed by atoms with van der Waals surface area (Å²) in [5.74, 6) is -0.878. The Morgan fingerprint density at radius 2 is 1.76 bits per heavy atom. The number of hydrogen-bond acceptors (Lipinski definition) is 2. The molecule has 3 nitrogen and oxygen atoms in total. The van der Waals surface area contributed by atoms with Crippen molar-refractivity contribution in [3.63, 3.8) is 0 Å². The number of benzene rings is 1. The maximum atomic E-state index is 11.6. The van der Waals surface area contributed by atoms with Gasteiger partial charge in [-0.3, -0.25) is 9.78 Å². The van der Waals surface area contributed by atoms with E-state index in [9.17, 15) is 9.90 Å². The van der Waals surface area contributed by atoms with Crippen LogP contribution in [0.15, 0.2) is 54.9 Å².